The van der Waals surface area contributed by atoms with Crippen molar-refractivity contribution in [1.82, 2.24) is 10.2 Å². The molecule has 30 heavy (non-hydrogen) atoms. The minimum absolute atomic E-state index is 0.0562. The number of fused-ring (bicyclic) bond motifs is 1. The van der Waals surface area contributed by atoms with Gasteiger partial charge in [-0.15, -0.1) is 6.58 Å². The maximum atomic E-state index is 12.9. The Morgan fingerprint density at radius 3 is 2.57 bits per heavy atom. The number of likely N-dealkylation sites (tertiary alicyclic amines) is 1. The summed E-state index contributed by atoms with van der Waals surface area (Å²) in [4.78, 5) is 27.0. The number of aliphatic hydroxyl groups excluding tert-OH is 2. The van der Waals surface area contributed by atoms with Gasteiger partial charge in [-0.25, -0.2) is 4.79 Å². The lowest BCUT2D eigenvalue weighted by Gasteiger charge is -2.60. The van der Waals surface area contributed by atoms with Crippen molar-refractivity contribution in [3.8, 4) is 0 Å². The van der Waals surface area contributed by atoms with Gasteiger partial charge in [0.2, 0.25) is 5.91 Å². The van der Waals surface area contributed by atoms with E-state index in [1.54, 1.807) is 6.08 Å². The number of nitrogens with one attached hydrogen (secondary N) is 1. The topological polar surface area (TPSA) is 99.1 Å². The van der Waals surface area contributed by atoms with E-state index in [0.29, 0.717) is 25.8 Å². The maximum Gasteiger partial charge on any atom is 0.407 e. The Bertz CT molecular complexity index is 650. The molecular weight excluding hydrogens is 384 g/mol. The van der Waals surface area contributed by atoms with E-state index in [2.05, 4.69) is 18.8 Å². The number of amides is 2. The van der Waals surface area contributed by atoms with E-state index in [1.807, 2.05) is 11.8 Å². The number of hydrogen-bond donors (Lipinski definition) is 3. The molecule has 1 heterocycles. The number of ether oxygens (including phenoxy) is 1. The molecule has 2 amide bonds. The summed E-state index contributed by atoms with van der Waals surface area (Å²) in [5, 5.41) is 23.9. The zero-order valence-electron chi connectivity index (χ0n) is 18.4. The lowest BCUT2D eigenvalue weighted by molar-refractivity contribution is -0.187. The summed E-state index contributed by atoms with van der Waals surface area (Å²) < 4.78 is 5.72. The zero-order valence-corrected chi connectivity index (χ0v) is 18.4. The summed E-state index contributed by atoms with van der Waals surface area (Å²) in [6.07, 6.45) is 5.32. The van der Waals surface area contributed by atoms with Crippen molar-refractivity contribution >= 4 is 12.0 Å². The number of rotatable bonds is 6. The van der Waals surface area contributed by atoms with Crippen molar-refractivity contribution in [3.05, 3.63) is 12.7 Å². The molecule has 0 bridgehead atoms. The first kappa shape index (κ1) is 23.1. The van der Waals surface area contributed by atoms with Crippen LogP contribution in [0.5, 0.6) is 0 Å². The third-order valence-electron chi connectivity index (χ3n) is 8.17. The van der Waals surface area contributed by atoms with Crippen LogP contribution in [-0.4, -0.2) is 65.6 Å². The van der Waals surface area contributed by atoms with Crippen LogP contribution < -0.4 is 5.32 Å². The van der Waals surface area contributed by atoms with Gasteiger partial charge < -0.3 is 25.2 Å². The smallest absolute Gasteiger partial charge is 0.407 e. The normalized spacial score (nSPS) is 38.6. The lowest BCUT2D eigenvalue weighted by Crippen LogP contribution is -2.61. The fourth-order valence-corrected chi connectivity index (χ4v) is 6.39. The van der Waals surface area contributed by atoms with Crippen molar-refractivity contribution < 1.29 is 24.5 Å². The Morgan fingerprint density at radius 2 is 1.93 bits per heavy atom. The monoisotopic (exact) mass is 422 g/mol. The van der Waals surface area contributed by atoms with E-state index in [0.717, 1.165) is 38.8 Å². The maximum absolute atomic E-state index is 12.9. The van der Waals surface area contributed by atoms with Gasteiger partial charge in [0, 0.05) is 31.5 Å². The van der Waals surface area contributed by atoms with Gasteiger partial charge in [0.05, 0.1) is 12.7 Å². The number of alkyl carbamates (subject to hydrolysis) is 1. The predicted molar refractivity (Wildman–Crippen MR) is 114 cm³/mol. The van der Waals surface area contributed by atoms with E-state index in [9.17, 15) is 19.8 Å². The number of carbonyl (C=O) groups excluding carboxylic acids is 2. The number of aliphatic hydroxyl groups is 2. The Balaban J connectivity index is 1.79. The molecule has 3 N–H and O–H groups in total. The number of hydrogen-bond acceptors (Lipinski definition) is 5. The van der Waals surface area contributed by atoms with Gasteiger partial charge in [0.25, 0.3) is 0 Å². The van der Waals surface area contributed by atoms with Gasteiger partial charge in [-0.3, -0.25) is 4.79 Å². The van der Waals surface area contributed by atoms with Gasteiger partial charge in [-0.1, -0.05) is 19.9 Å². The molecule has 0 unspecified atom stereocenters. The second-order valence-electron chi connectivity index (χ2n) is 9.87. The second-order valence-corrected chi connectivity index (χ2v) is 9.87. The van der Waals surface area contributed by atoms with Crippen molar-refractivity contribution in [3.63, 3.8) is 0 Å². The molecule has 0 radical (unpaired) electrons. The summed E-state index contributed by atoms with van der Waals surface area (Å²) in [6, 6.07) is 0. The predicted octanol–water partition coefficient (Wildman–Crippen LogP) is 2.47. The van der Waals surface area contributed by atoms with Crippen LogP contribution in [0.4, 0.5) is 4.79 Å². The zero-order chi connectivity index (χ0) is 21.9. The molecule has 0 spiro atoms. The highest BCUT2D eigenvalue weighted by molar-refractivity contribution is 5.77. The molecule has 3 aliphatic rings. The molecule has 1 aliphatic heterocycles. The van der Waals surface area contributed by atoms with E-state index in [1.165, 1.54) is 0 Å². The van der Waals surface area contributed by atoms with E-state index in [-0.39, 0.29) is 29.8 Å². The molecule has 170 valence electrons. The molecule has 0 aromatic carbocycles. The molecule has 6 atom stereocenters. The fourth-order valence-electron chi connectivity index (χ4n) is 6.39. The summed E-state index contributed by atoms with van der Waals surface area (Å²) in [6.45, 7) is 9.58. The van der Waals surface area contributed by atoms with Crippen molar-refractivity contribution in [1.29, 1.82) is 0 Å². The van der Waals surface area contributed by atoms with Gasteiger partial charge in [0.15, 0.2) is 0 Å². The number of carbonyl (C=O) groups is 2. The van der Waals surface area contributed by atoms with Crippen LogP contribution in [0.3, 0.4) is 0 Å². The number of nitrogens with zero attached hydrogens (tertiary/aromatic N) is 1. The quantitative estimate of drug-likeness (QED) is 0.571. The van der Waals surface area contributed by atoms with Crippen LogP contribution in [0.25, 0.3) is 0 Å². The van der Waals surface area contributed by atoms with Crippen LogP contribution in [-0.2, 0) is 9.53 Å². The van der Waals surface area contributed by atoms with Gasteiger partial charge in [-0.2, -0.15) is 0 Å². The van der Waals surface area contributed by atoms with E-state index >= 15 is 0 Å². The van der Waals surface area contributed by atoms with Crippen LogP contribution in [0.2, 0.25) is 0 Å². The summed E-state index contributed by atoms with van der Waals surface area (Å²) in [5.41, 5.74) is -0.907. The molecule has 7 heteroatoms. The largest absolute Gasteiger partial charge is 0.446 e. The molecule has 1 saturated heterocycles. The molecule has 3 rings (SSSR count). The molecule has 0 aromatic rings. The van der Waals surface area contributed by atoms with Crippen molar-refractivity contribution in [2.45, 2.75) is 71.0 Å². The molecule has 0 aromatic heterocycles. The highest BCUT2D eigenvalue weighted by Gasteiger charge is 2.60. The molecular formula is C23H38N2O5. The van der Waals surface area contributed by atoms with Crippen molar-refractivity contribution in [2.24, 2.45) is 22.7 Å². The van der Waals surface area contributed by atoms with E-state index < -0.39 is 23.7 Å². The van der Waals surface area contributed by atoms with Gasteiger partial charge >= 0.3 is 6.09 Å². The Labute approximate surface area is 179 Å². The van der Waals surface area contributed by atoms with Gasteiger partial charge in [0.1, 0.15) is 6.10 Å². The van der Waals surface area contributed by atoms with Crippen LogP contribution in [0.15, 0.2) is 12.7 Å². The average molecular weight is 423 g/mol. The fraction of sp³-hybridized carbons (Fsp3) is 0.826. The summed E-state index contributed by atoms with van der Waals surface area (Å²) in [5.74, 6) is 0.0396. The third-order valence-corrected chi connectivity index (χ3v) is 8.17. The standard InChI is InChI=1S/C23H38N2O5/c1-4-11-24-21(29)30-19-9-10-22(2)16(14-20(28)25-12-5-6-13-25)17(27)7-8-18(22)23(19,3)15-26/h4,16-19,26-27H,1,5-15H2,2-3H3,(H,24,29)/t16-,17-,18+,19-,22+,23+/m1/s1. The molecule has 2 saturated carbocycles. The minimum atomic E-state index is -0.617. The first-order valence-corrected chi connectivity index (χ1v) is 11.4. The first-order valence-electron chi connectivity index (χ1n) is 11.4. The highest BCUT2D eigenvalue weighted by Crippen LogP contribution is 2.61. The van der Waals surface area contributed by atoms with Crippen LogP contribution in [0, 0.1) is 22.7 Å². The SMILES string of the molecule is C=CCNC(=O)O[C@@H]1CC[C@]2(C)[C@H](CC[C@@H](O)[C@H]2CC(=O)N2CCCC2)[C@]1(C)CO. The first-order chi connectivity index (χ1) is 14.3. The van der Waals surface area contributed by atoms with Crippen LogP contribution in [0.1, 0.15) is 58.8 Å². The van der Waals surface area contributed by atoms with Gasteiger partial charge in [-0.05, 0) is 55.8 Å². The van der Waals surface area contributed by atoms with Crippen molar-refractivity contribution in [2.75, 3.05) is 26.2 Å². The Morgan fingerprint density at radius 1 is 1.23 bits per heavy atom. The Hall–Kier alpha value is -1.60. The second kappa shape index (κ2) is 9.27. The molecule has 7 nitrogen and oxygen atoms in total. The Kier molecular flexibility index (Phi) is 7.13. The van der Waals surface area contributed by atoms with Crippen LogP contribution >= 0.6 is 0 Å². The highest BCUT2D eigenvalue weighted by atomic mass is 16.6. The molecule has 3 fully saturated rings. The van der Waals surface area contributed by atoms with E-state index in [4.69, 9.17) is 4.74 Å². The minimum Gasteiger partial charge on any atom is -0.446 e. The summed E-state index contributed by atoms with van der Waals surface area (Å²) >= 11 is 0. The lowest BCUT2D eigenvalue weighted by atomic mass is 9.46. The third kappa shape index (κ3) is 4.24. The average Bonchev–Trinajstić information content (AvgIpc) is 3.26. The molecule has 2 aliphatic carbocycles. The summed E-state index contributed by atoms with van der Waals surface area (Å²) in [7, 11) is 0.